The summed E-state index contributed by atoms with van der Waals surface area (Å²) in [7, 11) is 0. The van der Waals surface area contributed by atoms with Gasteiger partial charge >= 0.3 is 0 Å². The Kier molecular flexibility index (Phi) is 5.55. The van der Waals surface area contributed by atoms with E-state index in [0.717, 1.165) is 22.1 Å². The first-order valence-electron chi connectivity index (χ1n) is 8.73. The van der Waals surface area contributed by atoms with Gasteiger partial charge < -0.3 is 10.6 Å². The van der Waals surface area contributed by atoms with Crippen molar-refractivity contribution in [3.05, 3.63) is 94.6 Å². The number of benzene rings is 3. The molecule has 0 aliphatic rings. The van der Waals surface area contributed by atoms with Crippen LogP contribution in [0, 0.1) is 5.82 Å². The van der Waals surface area contributed by atoms with Crippen molar-refractivity contribution in [2.75, 3.05) is 10.6 Å². The summed E-state index contributed by atoms with van der Waals surface area (Å²) in [6.45, 7) is 0. The SMILES string of the molecule is O=C(Nc1ccc(-c2csc(Nc3cccc(Cl)c3)n2)cc1)c1ccccc1F. The third kappa shape index (κ3) is 4.62. The van der Waals surface area contributed by atoms with Gasteiger partial charge in [-0.1, -0.05) is 41.9 Å². The second kappa shape index (κ2) is 8.43. The average Bonchev–Trinajstić information content (AvgIpc) is 3.17. The first-order valence-corrected chi connectivity index (χ1v) is 9.99. The van der Waals surface area contributed by atoms with Gasteiger partial charge in [-0.15, -0.1) is 11.3 Å². The largest absolute Gasteiger partial charge is 0.331 e. The molecule has 1 heterocycles. The molecule has 4 nitrogen and oxygen atoms in total. The quantitative estimate of drug-likeness (QED) is 0.380. The van der Waals surface area contributed by atoms with E-state index in [2.05, 4.69) is 15.6 Å². The van der Waals surface area contributed by atoms with Crippen LogP contribution in [0.5, 0.6) is 0 Å². The Bertz CT molecular complexity index is 1160. The van der Waals surface area contributed by atoms with Gasteiger partial charge in [0, 0.05) is 27.3 Å². The Hall–Kier alpha value is -3.22. The van der Waals surface area contributed by atoms with Crippen molar-refractivity contribution in [2.45, 2.75) is 0 Å². The van der Waals surface area contributed by atoms with Crippen LogP contribution in [0.4, 0.5) is 20.9 Å². The molecule has 3 aromatic carbocycles. The van der Waals surface area contributed by atoms with Gasteiger partial charge in [0.15, 0.2) is 5.13 Å². The van der Waals surface area contributed by atoms with Gasteiger partial charge in [-0.05, 0) is 42.5 Å². The monoisotopic (exact) mass is 423 g/mol. The minimum atomic E-state index is -0.552. The predicted molar refractivity (Wildman–Crippen MR) is 117 cm³/mol. The summed E-state index contributed by atoms with van der Waals surface area (Å²) in [5.41, 5.74) is 3.17. The maximum Gasteiger partial charge on any atom is 0.258 e. The topological polar surface area (TPSA) is 54.0 Å². The van der Waals surface area contributed by atoms with Crippen LogP contribution in [0.25, 0.3) is 11.3 Å². The zero-order valence-electron chi connectivity index (χ0n) is 15.0. The van der Waals surface area contributed by atoms with Gasteiger partial charge in [0.25, 0.3) is 5.91 Å². The molecule has 0 saturated carbocycles. The van der Waals surface area contributed by atoms with Crippen LogP contribution in [-0.2, 0) is 0 Å². The van der Waals surface area contributed by atoms with Crippen LogP contribution in [0.1, 0.15) is 10.4 Å². The van der Waals surface area contributed by atoms with Gasteiger partial charge in [-0.2, -0.15) is 0 Å². The number of aromatic nitrogens is 1. The standard InChI is InChI=1S/C22H15ClFN3OS/c23-15-4-3-5-17(12-15)26-22-27-20(13-29-22)14-8-10-16(11-9-14)25-21(28)18-6-1-2-7-19(18)24/h1-13H,(H,25,28)(H,26,27). The van der Waals surface area contributed by atoms with Gasteiger partial charge in [0.05, 0.1) is 11.3 Å². The summed E-state index contributed by atoms with van der Waals surface area (Å²) in [4.78, 5) is 16.8. The van der Waals surface area contributed by atoms with Crippen LogP contribution in [0.15, 0.2) is 78.2 Å². The van der Waals surface area contributed by atoms with E-state index in [1.165, 1.54) is 23.5 Å². The molecule has 7 heteroatoms. The van der Waals surface area contributed by atoms with Gasteiger partial charge in [0.2, 0.25) is 0 Å². The lowest BCUT2D eigenvalue weighted by atomic mass is 10.1. The molecule has 29 heavy (non-hydrogen) atoms. The Morgan fingerprint density at radius 1 is 0.966 bits per heavy atom. The summed E-state index contributed by atoms with van der Waals surface area (Å²) < 4.78 is 13.7. The highest BCUT2D eigenvalue weighted by atomic mass is 35.5. The number of hydrogen-bond acceptors (Lipinski definition) is 4. The highest BCUT2D eigenvalue weighted by Crippen LogP contribution is 2.28. The van der Waals surface area contributed by atoms with Gasteiger partial charge in [0.1, 0.15) is 5.82 Å². The molecule has 0 atom stereocenters. The Morgan fingerprint density at radius 2 is 1.76 bits per heavy atom. The molecular weight excluding hydrogens is 409 g/mol. The molecule has 1 amide bonds. The molecule has 0 spiro atoms. The number of thiazole rings is 1. The van der Waals surface area contributed by atoms with Crippen molar-refractivity contribution >= 4 is 45.4 Å². The summed E-state index contributed by atoms with van der Waals surface area (Å²) >= 11 is 7.49. The maximum atomic E-state index is 13.7. The molecule has 0 fully saturated rings. The molecule has 0 bridgehead atoms. The number of amides is 1. The molecular formula is C22H15ClFN3OS. The lowest BCUT2D eigenvalue weighted by Crippen LogP contribution is -2.13. The van der Waals surface area contributed by atoms with Crippen molar-refractivity contribution in [3.63, 3.8) is 0 Å². The second-order valence-electron chi connectivity index (χ2n) is 6.18. The number of nitrogens with zero attached hydrogens (tertiary/aromatic N) is 1. The van der Waals surface area contributed by atoms with Crippen LogP contribution in [0.2, 0.25) is 5.02 Å². The molecule has 2 N–H and O–H groups in total. The van der Waals surface area contributed by atoms with E-state index in [1.54, 1.807) is 24.3 Å². The van der Waals surface area contributed by atoms with Crippen molar-refractivity contribution in [2.24, 2.45) is 0 Å². The van der Waals surface area contributed by atoms with E-state index >= 15 is 0 Å². The van der Waals surface area contributed by atoms with Crippen LogP contribution < -0.4 is 10.6 Å². The highest BCUT2D eigenvalue weighted by Gasteiger charge is 2.11. The van der Waals surface area contributed by atoms with E-state index in [4.69, 9.17) is 11.6 Å². The highest BCUT2D eigenvalue weighted by molar-refractivity contribution is 7.14. The van der Waals surface area contributed by atoms with E-state index < -0.39 is 11.7 Å². The fourth-order valence-electron chi connectivity index (χ4n) is 2.72. The van der Waals surface area contributed by atoms with Crippen LogP contribution >= 0.6 is 22.9 Å². The third-order valence-corrected chi connectivity index (χ3v) is 5.13. The summed E-state index contributed by atoms with van der Waals surface area (Å²) in [6, 6.07) is 20.5. The van der Waals surface area contributed by atoms with Crippen LogP contribution in [0.3, 0.4) is 0 Å². The van der Waals surface area contributed by atoms with Crippen LogP contribution in [-0.4, -0.2) is 10.9 Å². The average molecular weight is 424 g/mol. The predicted octanol–water partition coefficient (Wildman–Crippen LogP) is 6.60. The zero-order chi connectivity index (χ0) is 20.2. The smallest absolute Gasteiger partial charge is 0.258 e. The van der Waals surface area contributed by atoms with E-state index in [9.17, 15) is 9.18 Å². The Balaban J connectivity index is 1.45. The van der Waals surface area contributed by atoms with Gasteiger partial charge in [-0.3, -0.25) is 4.79 Å². The number of nitrogens with one attached hydrogen (secondary N) is 2. The molecule has 0 saturated heterocycles. The van der Waals surface area contributed by atoms with Crippen molar-refractivity contribution < 1.29 is 9.18 Å². The number of rotatable bonds is 5. The normalized spacial score (nSPS) is 10.6. The number of hydrogen-bond donors (Lipinski definition) is 2. The number of carbonyl (C=O) groups is 1. The first kappa shape index (κ1) is 19.1. The number of carbonyl (C=O) groups excluding carboxylic acids is 1. The van der Waals surface area contributed by atoms with Crippen molar-refractivity contribution in [3.8, 4) is 11.3 Å². The Morgan fingerprint density at radius 3 is 2.52 bits per heavy atom. The zero-order valence-corrected chi connectivity index (χ0v) is 16.6. The van der Waals surface area contributed by atoms with E-state index in [-0.39, 0.29) is 5.56 Å². The number of halogens is 2. The lowest BCUT2D eigenvalue weighted by Gasteiger charge is -2.07. The second-order valence-corrected chi connectivity index (χ2v) is 7.48. The van der Waals surface area contributed by atoms with Gasteiger partial charge in [-0.25, -0.2) is 9.37 Å². The molecule has 1 aromatic heterocycles. The molecule has 0 radical (unpaired) electrons. The minimum absolute atomic E-state index is 0.00723. The summed E-state index contributed by atoms with van der Waals surface area (Å²) in [5.74, 6) is -1.04. The van der Waals surface area contributed by atoms with E-state index in [1.807, 2.05) is 41.8 Å². The summed E-state index contributed by atoms with van der Waals surface area (Å²) in [5, 5.41) is 9.27. The fourth-order valence-corrected chi connectivity index (χ4v) is 3.65. The fraction of sp³-hybridized carbons (Fsp3) is 0. The van der Waals surface area contributed by atoms with Crippen molar-refractivity contribution in [1.29, 1.82) is 0 Å². The Labute approximate surface area is 176 Å². The molecule has 4 rings (SSSR count). The maximum absolute atomic E-state index is 13.7. The first-order chi connectivity index (χ1) is 14.1. The molecule has 0 aliphatic carbocycles. The van der Waals surface area contributed by atoms with E-state index in [0.29, 0.717) is 10.7 Å². The molecule has 0 aliphatic heterocycles. The number of anilines is 3. The summed E-state index contributed by atoms with van der Waals surface area (Å²) in [6.07, 6.45) is 0. The third-order valence-electron chi connectivity index (χ3n) is 4.14. The minimum Gasteiger partial charge on any atom is -0.331 e. The lowest BCUT2D eigenvalue weighted by molar-refractivity contribution is 0.102. The molecule has 144 valence electrons. The molecule has 4 aromatic rings. The van der Waals surface area contributed by atoms with Crippen molar-refractivity contribution in [1.82, 2.24) is 4.98 Å². The molecule has 0 unspecified atom stereocenters.